The van der Waals surface area contributed by atoms with Gasteiger partial charge in [-0.1, -0.05) is 27.2 Å². The van der Waals surface area contributed by atoms with Crippen LogP contribution in [0, 0.1) is 5.41 Å². The largest absolute Gasteiger partial charge is 0.426 e. The summed E-state index contributed by atoms with van der Waals surface area (Å²) in [6.45, 7) is 6.05. The number of aromatic nitrogens is 3. The molecule has 0 saturated carbocycles. The standard InChI is InChI=1S/C23H29F6N5O3/c1-20(2,3)8-7-11-34-10-6-4-5-9-21(36,23(27,28)29)19-33-32-17(37-19)16-14(30)12-13(22(24,25)26)15(31-16)18(34)35/h12,36H,4-11,30H2,1-3H3. The van der Waals surface area contributed by atoms with Crippen molar-refractivity contribution in [3.63, 3.8) is 0 Å². The van der Waals surface area contributed by atoms with E-state index < -0.39 is 64.7 Å². The number of carbonyl (C=O) groups excluding carboxylic acids is 1. The fourth-order valence-electron chi connectivity index (χ4n) is 4.06. The number of rotatable bonds is 3. The van der Waals surface area contributed by atoms with E-state index in [9.17, 15) is 36.2 Å². The first-order chi connectivity index (χ1) is 16.9. The van der Waals surface area contributed by atoms with E-state index in [4.69, 9.17) is 10.2 Å². The smallest absolute Gasteiger partial charge is 0.416 e. The Morgan fingerprint density at radius 2 is 1.76 bits per heavy atom. The summed E-state index contributed by atoms with van der Waals surface area (Å²) in [6.07, 6.45) is -9.60. The number of nitrogens with zero attached hydrogens (tertiary/aromatic N) is 4. The highest BCUT2D eigenvalue weighted by Crippen LogP contribution is 2.43. The minimum atomic E-state index is -5.17. The van der Waals surface area contributed by atoms with E-state index in [2.05, 4.69) is 15.2 Å². The SMILES string of the molecule is CC(C)(C)CCCN1CCCCCC(O)(C(F)(F)F)c2nnc(o2)-c2nc(c(C(F)(F)F)cc2N)C1=O. The number of fused-ring (bicyclic) bond motifs is 5. The van der Waals surface area contributed by atoms with Crippen LogP contribution in [-0.2, 0) is 11.8 Å². The predicted molar refractivity (Wildman–Crippen MR) is 120 cm³/mol. The fraction of sp³-hybridized carbons (Fsp3) is 0.652. The summed E-state index contributed by atoms with van der Waals surface area (Å²) in [7, 11) is 0. The summed E-state index contributed by atoms with van der Waals surface area (Å²) in [5.41, 5.74) is -1.43. The summed E-state index contributed by atoms with van der Waals surface area (Å²) in [4.78, 5) is 18.4. The molecular weight excluding hydrogens is 508 g/mol. The molecule has 2 aromatic rings. The van der Waals surface area contributed by atoms with Crippen molar-refractivity contribution >= 4 is 11.6 Å². The van der Waals surface area contributed by atoms with Crippen molar-refractivity contribution in [2.45, 2.75) is 77.2 Å². The van der Waals surface area contributed by atoms with Crippen LogP contribution >= 0.6 is 0 Å². The van der Waals surface area contributed by atoms with Crippen LogP contribution in [0.5, 0.6) is 0 Å². The molecule has 1 unspecified atom stereocenters. The highest BCUT2D eigenvalue weighted by molar-refractivity contribution is 5.95. The molecule has 3 rings (SSSR count). The maximum atomic E-state index is 13.9. The lowest BCUT2D eigenvalue weighted by Crippen LogP contribution is -2.42. The van der Waals surface area contributed by atoms with Gasteiger partial charge in [0.2, 0.25) is 5.60 Å². The Hall–Kier alpha value is -2.90. The molecule has 14 heteroatoms. The number of halogens is 6. The van der Waals surface area contributed by atoms with Crippen LogP contribution in [0.1, 0.15) is 81.2 Å². The third-order valence-corrected chi connectivity index (χ3v) is 6.12. The lowest BCUT2D eigenvalue weighted by Gasteiger charge is -2.28. The molecule has 1 aliphatic rings. The quantitative estimate of drug-likeness (QED) is 0.509. The Balaban J connectivity index is 2.15. The normalized spacial score (nSPS) is 20.2. The highest BCUT2D eigenvalue weighted by Gasteiger charge is 2.58. The molecule has 1 aliphatic heterocycles. The molecule has 0 radical (unpaired) electrons. The molecule has 8 nitrogen and oxygen atoms in total. The van der Waals surface area contributed by atoms with Gasteiger partial charge in [0.15, 0.2) is 5.69 Å². The summed E-state index contributed by atoms with van der Waals surface area (Å²) in [6, 6.07) is 0.467. The third kappa shape index (κ3) is 6.33. The van der Waals surface area contributed by atoms with Crippen molar-refractivity contribution < 1.29 is 40.7 Å². The van der Waals surface area contributed by atoms with E-state index in [-0.39, 0.29) is 37.8 Å². The Morgan fingerprint density at radius 3 is 2.35 bits per heavy atom. The van der Waals surface area contributed by atoms with Gasteiger partial charge in [-0.25, -0.2) is 4.98 Å². The Kier molecular flexibility index (Phi) is 7.83. The van der Waals surface area contributed by atoms with Gasteiger partial charge in [-0.05, 0) is 43.6 Å². The molecule has 0 aliphatic carbocycles. The second kappa shape index (κ2) is 10.1. The first kappa shape index (κ1) is 28.7. The summed E-state index contributed by atoms with van der Waals surface area (Å²) >= 11 is 0. The van der Waals surface area contributed by atoms with Gasteiger partial charge >= 0.3 is 12.4 Å². The van der Waals surface area contributed by atoms with Crippen molar-refractivity contribution in [2.75, 3.05) is 18.8 Å². The zero-order valence-electron chi connectivity index (χ0n) is 20.6. The van der Waals surface area contributed by atoms with Crippen LogP contribution < -0.4 is 5.73 Å². The molecular formula is C23H29F6N5O3. The monoisotopic (exact) mass is 537 g/mol. The minimum absolute atomic E-state index is 0.00942. The number of nitrogen functional groups attached to an aromatic ring is 1. The number of carbonyl (C=O) groups is 1. The van der Waals surface area contributed by atoms with Gasteiger partial charge in [-0.3, -0.25) is 4.79 Å². The number of aliphatic hydroxyl groups is 1. The zero-order chi connectivity index (χ0) is 27.8. The number of nitrogens with two attached hydrogens (primary N) is 1. The molecule has 37 heavy (non-hydrogen) atoms. The van der Waals surface area contributed by atoms with Gasteiger partial charge in [-0.15, -0.1) is 10.2 Å². The first-order valence-corrected chi connectivity index (χ1v) is 11.7. The molecule has 206 valence electrons. The average molecular weight is 538 g/mol. The van der Waals surface area contributed by atoms with E-state index >= 15 is 0 Å². The zero-order valence-corrected chi connectivity index (χ0v) is 20.6. The minimum Gasteiger partial charge on any atom is -0.416 e. The number of anilines is 1. The summed E-state index contributed by atoms with van der Waals surface area (Å²) in [5.74, 6) is -2.94. The second-order valence-corrected chi connectivity index (χ2v) is 10.4. The summed E-state index contributed by atoms with van der Waals surface area (Å²) in [5, 5.41) is 17.2. The molecule has 3 N–H and O–H groups in total. The van der Waals surface area contributed by atoms with Crippen molar-refractivity contribution in [3.05, 3.63) is 23.2 Å². The molecule has 0 aromatic carbocycles. The van der Waals surface area contributed by atoms with Gasteiger partial charge in [-0.2, -0.15) is 26.3 Å². The number of alkyl halides is 6. The molecule has 0 spiro atoms. The second-order valence-electron chi connectivity index (χ2n) is 10.4. The third-order valence-electron chi connectivity index (χ3n) is 6.12. The number of pyridine rings is 1. The highest BCUT2D eigenvalue weighted by atomic mass is 19.4. The lowest BCUT2D eigenvalue weighted by molar-refractivity contribution is -0.277. The van der Waals surface area contributed by atoms with Crippen LogP contribution in [0.15, 0.2) is 10.5 Å². The molecule has 1 amide bonds. The number of hydrogen-bond acceptors (Lipinski definition) is 7. The average Bonchev–Trinajstić information content (AvgIpc) is 3.24. The first-order valence-electron chi connectivity index (χ1n) is 11.7. The van der Waals surface area contributed by atoms with Crippen LogP contribution in [0.25, 0.3) is 11.6 Å². The van der Waals surface area contributed by atoms with Crippen LogP contribution in [0.4, 0.5) is 32.0 Å². The van der Waals surface area contributed by atoms with Crippen LogP contribution in [-0.4, -0.2) is 50.4 Å². The van der Waals surface area contributed by atoms with E-state index in [0.717, 1.165) is 0 Å². The van der Waals surface area contributed by atoms with Crippen LogP contribution in [0.2, 0.25) is 0 Å². The molecule has 0 fully saturated rings. The van der Waals surface area contributed by atoms with Crippen LogP contribution in [0.3, 0.4) is 0 Å². The molecule has 4 bridgehead atoms. The van der Waals surface area contributed by atoms with Gasteiger partial charge in [0.05, 0.1) is 11.3 Å². The van der Waals surface area contributed by atoms with Gasteiger partial charge in [0.25, 0.3) is 17.7 Å². The fourth-order valence-corrected chi connectivity index (χ4v) is 4.06. The van der Waals surface area contributed by atoms with Gasteiger partial charge in [0, 0.05) is 13.1 Å². The van der Waals surface area contributed by atoms with E-state index in [1.54, 1.807) is 0 Å². The Labute approximate surface area is 209 Å². The van der Waals surface area contributed by atoms with Crippen molar-refractivity contribution in [1.82, 2.24) is 20.1 Å². The Morgan fingerprint density at radius 1 is 1.08 bits per heavy atom. The van der Waals surface area contributed by atoms with E-state index in [1.807, 2.05) is 20.8 Å². The van der Waals surface area contributed by atoms with Crippen molar-refractivity contribution in [2.24, 2.45) is 5.41 Å². The maximum absolute atomic E-state index is 13.9. The van der Waals surface area contributed by atoms with E-state index in [1.165, 1.54) is 4.90 Å². The number of amides is 1. The topological polar surface area (TPSA) is 118 Å². The predicted octanol–water partition coefficient (Wildman–Crippen LogP) is 5.33. The summed E-state index contributed by atoms with van der Waals surface area (Å²) < 4.78 is 88.1. The lowest BCUT2D eigenvalue weighted by atomic mass is 9.90. The molecule has 1 atom stereocenters. The molecule has 0 saturated heterocycles. The van der Waals surface area contributed by atoms with Gasteiger partial charge in [0.1, 0.15) is 5.69 Å². The van der Waals surface area contributed by atoms with Crippen molar-refractivity contribution in [3.8, 4) is 11.6 Å². The van der Waals surface area contributed by atoms with Gasteiger partial charge < -0.3 is 20.2 Å². The molecule has 3 heterocycles. The Bertz CT molecular complexity index is 1130. The number of hydrogen-bond donors (Lipinski definition) is 2. The van der Waals surface area contributed by atoms with E-state index in [0.29, 0.717) is 18.9 Å². The van der Waals surface area contributed by atoms with Crippen molar-refractivity contribution in [1.29, 1.82) is 0 Å². The molecule has 2 aromatic heterocycles. The maximum Gasteiger partial charge on any atom is 0.426 e.